The third-order valence-corrected chi connectivity index (χ3v) is 3.81. The lowest BCUT2D eigenvalue weighted by Crippen LogP contribution is -2.33. The van der Waals surface area contributed by atoms with Crippen LogP contribution in [-0.4, -0.2) is 36.2 Å². The molecule has 3 rings (SSSR count). The van der Waals surface area contributed by atoms with E-state index in [1.807, 2.05) is 30.3 Å². The minimum atomic E-state index is 0.354. The molecule has 0 bridgehead atoms. The summed E-state index contributed by atoms with van der Waals surface area (Å²) in [4.78, 5) is 6.60. The van der Waals surface area contributed by atoms with Gasteiger partial charge in [0.2, 0.25) is 5.89 Å². The predicted octanol–water partition coefficient (Wildman–Crippen LogP) is 3.34. The number of nitrogens with zero attached hydrogens (tertiary/aromatic N) is 2. The maximum Gasteiger partial charge on any atom is 0.209 e. The fourth-order valence-electron chi connectivity index (χ4n) is 2.71. The van der Waals surface area contributed by atoms with Crippen molar-refractivity contribution in [2.45, 2.75) is 31.9 Å². The summed E-state index contributed by atoms with van der Waals surface area (Å²) in [7, 11) is 2.09. The van der Waals surface area contributed by atoms with E-state index in [2.05, 4.69) is 16.9 Å². The first-order chi connectivity index (χ1) is 10.3. The lowest BCUT2D eigenvalue weighted by atomic mass is 10.1. The van der Waals surface area contributed by atoms with Crippen molar-refractivity contribution in [2.75, 3.05) is 20.2 Å². The Hall–Kier alpha value is -1.65. The van der Waals surface area contributed by atoms with Gasteiger partial charge in [-0.2, -0.15) is 0 Å². The minimum absolute atomic E-state index is 0.354. The summed E-state index contributed by atoms with van der Waals surface area (Å²) in [5, 5.41) is 0. The van der Waals surface area contributed by atoms with Crippen molar-refractivity contribution in [2.24, 2.45) is 0 Å². The van der Waals surface area contributed by atoms with Crippen LogP contribution in [0.25, 0.3) is 11.3 Å². The molecule has 1 aromatic heterocycles. The fourth-order valence-corrected chi connectivity index (χ4v) is 2.71. The summed E-state index contributed by atoms with van der Waals surface area (Å²) in [5.74, 6) is 1.58. The Labute approximate surface area is 125 Å². The number of rotatable bonds is 5. The van der Waals surface area contributed by atoms with Gasteiger partial charge in [-0.1, -0.05) is 30.3 Å². The van der Waals surface area contributed by atoms with Gasteiger partial charge in [0, 0.05) is 18.7 Å². The van der Waals surface area contributed by atoms with E-state index < -0.39 is 0 Å². The van der Waals surface area contributed by atoms with Gasteiger partial charge in [-0.25, -0.2) is 4.98 Å². The van der Waals surface area contributed by atoms with Gasteiger partial charge in [-0.3, -0.25) is 4.90 Å². The van der Waals surface area contributed by atoms with Gasteiger partial charge in [0.25, 0.3) is 0 Å². The highest BCUT2D eigenvalue weighted by molar-refractivity contribution is 5.55. The van der Waals surface area contributed by atoms with Crippen molar-refractivity contribution in [3.8, 4) is 11.3 Å². The van der Waals surface area contributed by atoms with Crippen LogP contribution in [0.1, 0.15) is 25.2 Å². The predicted molar refractivity (Wildman–Crippen MR) is 81.9 cm³/mol. The zero-order valence-corrected chi connectivity index (χ0v) is 12.5. The molecular formula is C17H22N2O2. The molecular weight excluding hydrogens is 264 g/mol. The third-order valence-electron chi connectivity index (χ3n) is 3.81. The van der Waals surface area contributed by atoms with E-state index in [4.69, 9.17) is 9.15 Å². The molecule has 1 fully saturated rings. The Kier molecular flexibility index (Phi) is 4.68. The highest BCUT2D eigenvalue weighted by atomic mass is 16.5. The van der Waals surface area contributed by atoms with Crippen LogP contribution < -0.4 is 0 Å². The van der Waals surface area contributed by atoms with E-state index in [0.29, 0.717) is 12.6 Å². The van der Waals surface area contributed by atoms with Crippen LogP contribution in [0.15, 0.2) is 40.9 Å². The van der Waals surface area contributed by atoms with Gasteiger partial charge < -0.3 is 9.15 Å². The van der Waals surface area contributed by atoms with Crippen LogP contribution in [0.3, 0.4) is 0 Å². The second kappa shape index (κ2) is 6.87. The molecule has 112 valence electrons. The van der Waals surface area contributed by atoms with Crippen LogP contribution in [0.2, 0.25) is 0 Å². The Morgan fingerprint density at radius 2 is 2.10 bits per heavy atom. The van der Waals surface area contributed by atoms with Gasteiger partial charge in [0.15, 0.2) is 5.76 Å². The highest BCUT2D eigenvalue weighted by Gasteiger charge is 2.17. The van der Waals surface area contributed by atoms with Crippen LogP contribution in [0, 0.1) is 0 Å². The van der Waals surface area contributed by atoms with Crippen LogP contribution in [0.4, 0.5) is 0 Å². The molecule has 2 heterocycles. The molecule has 1 aliphatic heterocycles. The van der Waals surface area contributed by atoms with Crippen molar-refractivity contribution in [3.05, 3.63) is 42.4 Å². The molecule has 0 radical (unpaired) electrons. The Balaban J connectivity index is 1.56. The van der Waals surface area contributed by atoms with Crippen LogP contribution >= 0.6 is 0 Å². The molecule has 0 amide bonds. The molecule has 1 saturated heterocycles. The Morgan fingerprint density at radius 3 is 2.86 bits per heavy atom. The summed E-state index contributed by atoms with van der Waals surface area (Å²) in [6.45, 7) is 2.55. The largest absolute Gasteiger partial charge is 0.439 e. The van der Waals surface area contributed by atoms with Crippen LogP contribution in [0.5, 0.6) is 0 Å². The Morgan fingerprint density at radius 1 is 1.24 bits per heavy atom. The topological polar surface area (TPSA) is 38.5 Å². The highest BCUT2D eigenvalue weighted by Crippen LogP contribution is 2.20. The SMILES string of the molecule is CN(Cc1ncc(-c2ccccc2)o1)CC1CCCCO1. The molecule has 0 saturated carbocycles. The summed E-state index contributed by atoms with van der Waals surface area (Å²) in [6.07, 6.45) is 5.78. The zero-order chi connectivity index (χ0) is 14.5. The van der Waals surface area contributed by atoms with Gasteiger partial charge in [-0.15, -0.1) is 0 Å². The summed E-state index contributed by atoms with van der Waals surface area (Å²) >= 11 is 0. The zero-order valence-electron chi connectivity index (χ0n) is 12.5. The van der Waals surface area contributed by atoms with E-state index in [1.165, 1.54) is 12.8 Å². The van der Waals surface area contributed by atoms with Gasteiger partial charge >= 0.3 is 0 Å². The second-order valence-corrected chi connectivity index (χ2v) is 5.67. The van der Waals surface area contributed by atoms with Crippen molar-refractivity contribution in [1.29, 1.82) is 0 Å². The normalized spacial score (nSPS) is 19.0. The molecule has 0 spiro atoms. The monoisotopic (exact) mass is 286 g/mol. The maximum atomic E-state index is 5.84. The van der Waals surface area contributed by atoms with Gasteiger partial charge in [0.1, 0.15) is 0 Å². The minimum Gasteiger partial charge on any atom is -0.439 e. The van der Waals surface area contributed by atoms with Crippen molar-refractivity contribution < 1.29 is 9.15 Å². The first-order valence-electron chi connectivity index (χ1n) is 7.61. The first-order valence-corrected chi connectivity index (χ1v) is 7.61. The lowest BCUT2D eigenvalue weighted by molar-refractivity contribution is -0.00357. The summed E-state index contributed by atoms with van der Waals surface area (Å²) in [6, 6.07) is 10.1. The molecule has 21 heavy (non-hydrogen) atoms. The van der Waals surface area contributed by atoms with Gasteiger partial charge in [-0.05, 0) is 26.3 Å². The number of aromatic nitrogens is 1. The molecule has 0 N–H and O–H groups in total. The maximum absolute atomic E-state index is 5.84. The molecule has 4 heteroatoms. The molecule has 4 nitrogen and oxygen atoms in total. The van der Waals surface area contributed by atoms with E-state index in [0.717, 1.165) is 36.8 Å². The molecule has 1 aliphatic rings. The third kappa shape index (κ3) is 3.93. The van der Waals surface area contributed by atoms with Gasteiger partial charge in [0.05, 0.1) is 18.8 Å². The van der Waals surface area contributed by atoms with E-state index in [1.54, 1.807) is 6.20 Å². The first kappa shape index (κ1) is 14.3. The number of oxazole rings is 1. The lowest BCUT2D eigenvalue weighted by Gasteiger charge is -2.26. The average Bonchev–Trinajstić information content (AvgIpc) is 2.97. The van der Waals surface area contributed by atoms with Crippen LogP contribution in [-0.2, 0) is 11.3 Å². The number of likely N-dealkylation sites (N-methyl/N-ethyl adjacent to an activating group) is 1. The number of hydrogen-bond donors (Lipinski definition) is 0. The number of ether oxygens (including phenoxy) is 1. The van der Waals surface area contributed by atoms with E-state index in [-0.39, 0.29) is 0 Å². The second-order valence-electron chi connectivity index (χ2n) is 5.67. The summed E-state index contributed by atoms with van der Waals surface area (Å²) < 4.78 is 11.6. The fraction of sp³-hybridized carbons (Fsp3) is 0.471. The Bertz CT molecular complexity index is 547. The average molecular weight is 286 g/mol. The molecule has 0 aliphatic carbocycles. The molecule has 1 aromatic carbocycles. The molecule has 1 unspecified atom stereocenters. The number of hydrogen-bond acceptors (Lipinski definition) is 4. The van der Waals surface area contributed by atoms with Crippen molar-refractivity contribution >= 4 is 0 Å². The quantitative estimate of drug-likeness (QED) is 0.845. The smallest absolute Gasteiger partial charge is 0.209 e. The molecule has 2 aromatic rings. The van der Waals surface area contributed by atoms with E-state index >= 15 is 0 Å². The number of benzene rings is 1. The summed E-state index contributed by atoms with van der Waals surface area (Å²) in [5.41, 5.74) is 1.06. The van der Waals surface area contributed by atoms with Crippen molar-refractivity contribution in [1.82, 2.24) is 9.88 Å². The van der Waals surface area contributed by atoms with E-state index in [9.17, 15) is 0 Å². The standard InChI is InChI=1S/C17H22N2O2/c1-19(12-15-9-5-6-10-20-15)13-17-18-11-16(21-17)14-7-3-2-4-8-14/h2-4,7-8,11,15H,5-6,9-10,12-13H2,1H3. The molecule has 1 atom stereocenters. The van der Waals surface area contributed by atoms with Crippen molar-refractivity contribution in [3.63, 3.8) is 0 Å².